The van der Waals surface area contributed by atoms with Crippen LogP contribution in [0.25, 0.3) is 0 Å². The van der Waals surface area contributed by atoms with Gasteiger partial charge in [-0.05, 0) is 45.4 Å². The lowest BCUT2D eigenvalue weighted by atomic mass is 9.85. The van der Waals surface area contributed by atoms with Crippen molar-refractivity contribution in [2.24, 2.45) is 0 Å². The fourth-order valence-electron chi connectivity index (χ4n) is 3.63. The molecule has 2 aliphatic heterocycles. The first-order chi connectivity index (χ1) is 8.16. The maximum Gasteiger partial charge on any atom is 0.0886 e. The third kappa shape index (κ3) is 4.57. The highest BCUT2D eigenvalue weighted by molar-refractivity contribution is 4.80. The molecule has 5 N–H and O–H groups in total. The van der Waals surface area contributed by atoms with Crippen LogP contribution >= 0.6 is 0 Å². The Balaban J connectivity index is 1.75. The molecule has 2 aliphatic rings. The van der Waals surface area contributed by atoms with Gasteiger partial charge in [-0.1, -0.05) is 0 Å². The quantitative estimate of drug-likeness (QED) is 0.626. The van der Waals surface area contributed by atoms with Gasteiger partial charge in [-0.2, -0.15) is 0 Å². The van der Waals surface area contributed by atoms with Crippen molar-refractivity contribution in [2.45, 2.75) is 76.0 Å². The Morgan fingerprint density at radius 2 is 1.41 bits per heavy atom. The van der Waals surface area contributed by atoms with Crippen LogP contribution in [0.3, 0.4) is 0 Å². The Hall–Kier alpha value is -0.120. The fourth-order valence-corrected chi connectivity index (χ4v) is 3.63. The Morgan fingerprint density at radius 1 is 0.941 bits per heavy atom. The van der Waals surface area contributed by atoms with E-state index < -0.39 is 5.60 Å². The van der Waals surface area contributed by atoms with Gasteiger partial charge in [0.15, 0.2) is 0 Å². The first kappa shape index (κ1) is 13.3. The van der Waals surface area contributed by atoms with Crippen molar-refractivity contribution in [3.63, 3.8) is 0 Å². The van der Waals surface area contributed by atoms with Gasteiger partial charge < -0.3 is 15.7 Å². The summed E-state index contributed by atoms with van der Waals surface area (Å²) in [7, 11) is 0. The van der Waals surface area contributed by atoms with Crippen molar-refractivity contribution in [2.75, 3.05) is 13.1 Å². The summed E-state index contributed by atoms with van der Waals surface area (Å²) in [6.45, 7) is 4.57. The van der Waals surface area contributed by atoms with Gasteiger partial charge in [0.2, 0.25) is 0 Å². The summed E-state index contributed by atoms with van der Waals surface area (Å²) < 4.78 is 0. The predicted molar refractivity (Wildman–Crippen MR) is 68.7 cm³/mol. The number of hydrogen-bond donors (Lipinski definition) is 3. The molecule has 100 valence electrons. The average molecular weight is 242 g/mol. The van der Waals surface area contributed by atoms with Gasteiger partial charge in [0.1, 0.15) is 0 Å². The normalized spacial score (nSPS) is 31.4. The monoisotopic (exact) mass is 242 g/mol. The van der Waals surface area contributed by atoms with Crippen molar-refractivity contribution in [3.05, 3.63) is 0 Å². The SMILES string of the molecule is CC(O)(C[C@H]1CCCC[NH2+]1)C[C@H]1CCCC[NH2+]1. The zero-order valence-corrected chi connectivity index (χ0v) is 11.3. The molecule has 0 unspecified atom stereocenters. The standard InChI is InChI=1S/C14H28N2O/c1-14(17,10-12-6-2-4-8-15-12)11-13-7-3-5-9-16-13/h12-13,15-17H,2-11H2,1H3/p+2/t12-,13-/m1/s1. The maximum absolute atomic E-state index is 10.6. The van der Waals surface area contributed by atoms with Gasteiger partial charge in [0.05, 0.1) is 30.8 Å². The molecule has 2 fully saturated rings. The summed E-state index contributed by atoms with van der Waals surface area (Å²) in [6, 6.07) is 1.34. The first-order valence-electron chi connectivity index (χ1n) is 7.55. The highest BCUT2D eigenvalue weighted by Gasteiger charge is 2.33. The largest absolute Gasteiger partial charge is 0.390 e. The minimum absolute atomic E-state index is 0.447. The molecule has 3 heteroatoms. The number of nitrogens with two attached hydrogens (primary N) is 2. The van der Waals surface area contributed by atoms with Crippen molar-refractivity contribution < 1.29 is 15.7 Å². The van der Waals surface area contributed by atoms with Crippen molar-refractivity contribution >= 4 is 0 Å². The van der Waals surface area contributed by atoms with Crippen molar-refractivity contribution in [1.29, 1.82) is 0 Å². The van der Waals surface area contributed by atoms with E-state index in [1.807, 2.05) is 0 Å². The van der Waals surface area contributed by atoms with E-state index in [4.69, 9.17) is 0 Å². The molecular weight excluding hydrogens is 212 g/mol. The van der Waals surface area contributed by atoms with Gasteiger partial charge in [-0.15, -0.1) is 0 Å². The lowest BCUT2D eigenvalue weighted by Gasteiger charge is -2.32. The smallest absolute Gasteiger partial charge is 0.0886 e. The molecule has 0 aromatic heterocycles. The summed E-state index contributed by atoms with van der Waals surface area (Å²) in [6.07, 6.45) is 9.98. The molecule has 0 aromatic carbocycles. The lowest BCUT2D eigenvalue weighted by molar-refractivity contribution is -0.704. The zero-order chi connectivity index (χ0) is 12.1. The first-order valence-corrected chi connectivity index (χ1v) is 7.55. The van der Waals surface area contributed by atoms with Crippen LogP contribution in [0, 0.1) is 0 Å². The molecule has 0 aromatic rings. The van der Waals surface area contributed by atoms with E-state index >= 15 is 0 Å². The minimum atomic E-state index is -0.447. The van der Waals surface area contributed by atoms with Gasteiger partial charge in [-0.25, -0.2) is 0 Å². The Morgan fingerprint density at radius 3 is 1.76 bits per heavy atom. The molecule has 2 heterocycles. The lowest BCUT2D eigenvalue weighted by Crippen LogP contribution is -2.93. The second kappa shape index (κ2) is 6.17. The highest BCUT2D eigenvalue weighted by atomic mass is 16.3. The average Bonchev–Trinajstić information content (AvgIpc) is 2.30. The van der Waals surface area contributed by atoms with Crippen LogP contribution < -0.4 is 10.6 Å². The van der Waals surface area contributed by atoms with Crippen molar-refractivity contribution in [3.8, 4) is 0 Å². The van der Waals surface area contributed by atoms with E-state index in [2.05, 4.69) is 17.6 Å². The Bertz CT molecular complexity index is 196. The van der Waals surface area contributed by atoms with Gasteiger partial charge in [0.25, 0.3) is 0 Å². The molecule has 0 aliphatic carbocycles. The summed E-state index contributed by atoms with van der Waals surface area (Å²) in [5.74, 6) is 0. The summed E-state index contributed by atoms with van der Waals surface area (Å²) in [5, 5.41) is 15.5. The molecule has 0 bridgehead atoms. The maximum atomic E-state index is 10.6. The van der Waals surface area contributed by atoms with E-state index in [1.54, 1.807) is 0 Å². The van der Waals surface area contributed by atoms with E-state index in [1.165, 1.54) is 51.6 Å². The van der Waals surface area contributed by atoms with E-state index in [0.29, 0.717) is 12.1 Å². The molecule has 0 spiro atoms. The van der Waals surface area contributed by atoms with Crippen LogP contribution in [-0.4, -0.2) is 35.9 Å². The van der Waals surface area contributed by atoms with Crippen LogP contribution in [0.1, 0.15) is 58.3 Å². The van der Waals surface area contributed by atoms with Crippen molar-refractivity contribution in [1.82, 2.24) is 0 Å². The van der Waals surface area contributed by atoms with Crippen LogP contribution in [0.2, 0.25) is 0 Å². The third-order valence-electron chi connectivity index (χ3n) is 4.46. The summed E-state index contributed by atoms with van der Waals surface area (Å²) in [4.78, 5) is 0. The molecular formula is C14H30N2O+2. The van der Waals surface area contributed by atoms with Crippen LogP contribution in [0.5, 0.6) is 0 Å². The molecule has 0 radical (unpaired) electrons. The Kier molecular flexibility index (Phi) is 4.83. The predicted octanol–water partition coefficient (Wildman–Crippen LogP) is -0.251. The minimum Gasteiger partial charge on any atom is -0.390 e. The van der Waals surface area contributed by atoms with Crippen LogP contribution in [0.15, 0.2) is 0 Å². The van der Waals surface area contributed by atoms with E-state index in [9.17, 15) is 5.11 Å². The summed E-state index contributed by atoms with van der Waals surface area (Å²) in [5.41, 5.74) is -0.447. The highest BCUT2D eigenvalue weighted by Crippen LogP contribution is 2.22. The molecule has 3 nitrogen and oxygen atoms in total. The Labute approximate surface area is 105 Å². The molecule has 2 atom stereocenters. The number of quaternary nitrogens is 2. The number of rotatable bonds is 4. The molecule has 17 heavy (non-hydrogen) atoms. The molecule has 0 amide bonds. The second-order valence-corrected chi connectivity index (χ2v) is 6.47. The van der Waals surface area contributed by atoms with Gasteiger partial charge >= 0.3 is 0 Å². The van der Waals surface area contributed by atoms with E-state index in [-0.39, 0.29) is 0 Å². The van der Waals surface area contributed by atoms with Gasteiger partial charge in [0, 0.05) is 12.8 Å². The van der Waals surface area contributed by atoms with Crippen LogP contribution in [-0.2, 0) is 0 Å². The van der Waals surface area contributed by atoms with Gasteiger partial charge in [-0.3, -0.25) is 0 Å². The van der Waals surface area contributed by atoms with Crippen LogP contribution in [0.4, 0.5) is 0 Å². The molecule has 2 saturated heterocycles. The number of aliphatic hydroxyl groups is 1. The molecule has 0 saturated carbocycles. The fraction of sp³-hybridized carbons (Fsp3) is 1.00. The molecule has 2 rings (SSSR count). The number of piperidine rings is 2. The topological polar surface area (TPSA) is 53.5 Å². The second-order valence-electron chi connectivity index (χ2n) is 6.47. The number of hydrogen-bond acceptors (Lipinski definition) is 1. The third-order valence-corrected chi connectivity index (χ3v) is 4.46. The zero-order valence-electron chi connectivity index (χ0n) is 11.3. The summed E-state index contributed by atoms with van der Waals surface area (Å²) >= 11 is 0. The van der Waals surface area contributed by atoms with E-state index in [0.717, 1.165) is 12.8 Å².